The lowest BCUT2D eigenvalue weighted by Crippen LogP contribution is -2.59. The normalized spacial score (nSPS) is 19.8. The predicted octanol–water partition coefficient (Wildman–Crippen LogP) is 3.68. The Bertz CT molecular complexity index is 670. The number of carbonyl (C=O) groups is 3. The van der Waals surface area contributed by atoms with E-state index in [0.717, 1.165) is 38.6 Å². The fourth-order valence-corrected chi connectivity index (χ4v) is 4.64. The molecule has 0 unspecified atom stereocenters. The standard InChI is InChI=1S/C25H45N3O4/c1-9-19(10-2)28-14-12-11-13-20(28)23(29)26-22(17(5)6)24(30)27(8)21(16(3)4)15-18(7)25(31)32/h15-17,19-22H,9-14H2,1-8H3,(H,26,29)(H,31,32)/t20-,21-,22+/m1/s1. The number of likely N-dealkylation sites (tertiary alicyclic amines) is 1. The van der Waals surface area contributed by atoms with Crippen molar-refractivity contribution in [3.05, 3.63) is 11.6 Å². The maximum absolute atomic E-state index is 13.4. The van der Waals surface area contributed by atoms with E-state index < -0.39 is 12.0 Å². The van der Waals surface area contributed by atoms with Crippen LogP contribution in [0.5, 0.6) is 0 Å². The van der Waals surface area contributed by atoms with E-state index in [1.165, 1.54) is 6.92 Å². The first-order chi connectivity index (χ1) is 15.0. The summed E-state index contributed by atoms with van der Waals surface area (Å²) in [6.45, 7) is 14.5. The minimum Gasteiger partial charge on any atom is -0.478 e. The molecule has 1 rings (SSSR count). The highest BCUT2D eigenvalue weighted by atomic mass is 16.4. The Morgan fingerprint density at radius 3 is 2.16 bits per heavy atom. The second kappa shape index (κ2) is 13.0. The van der Waals surface area contributed by atoms with E-state index in [4.69, 9.17) is 0 Å². The van der Waals surface area contributed by atoms with Crippen molar-refractivity contribution in [3.63, 3.8) is 0 Å². The highest BCUT2D eigenvalue weighted by Gasteiger charge is 2.36. The van der Waals surface area contributed by atoms with E-state index in [9.17, 15) is 19.5 Å². The lowest BCUT2D eigenvalue weighted by molar-refractivity contribution is -0.140. The number of hydrogen-bond donors (Lipinski definition) is 2. The summed E-state index contributed by atoms with van der Waals surface area (Å²) in [5.41, 5.74) is 0.205. The van der Waals surface area contributed by atoms with Crippen LogP contribution in [0.25, 0.3) is 0 Å². The van der Waals surface area contributed by atoms with Crippen molar-refractivity contribution in [2.24, 2.45) is 11.8 Å². The number of rotatable bonds is 11. The Labute approximate surface area is 194 Å². The number of amides is 2. The molecule has 32 heavy (non-hydrogen) atoms. The molecule has 0 aromatic rings. The predicted molar refractivity (Wildman–Crippen MR) is 128 cm³/mol. The summed E-state index contributed by atoms with van der Waals surface area (Å²) in [5.74, 6) is -1.31. The molecule has 184 valence electrons. The molecule has 7 heteroatoms. The zero-order chi connectivity index (χ0) is 24.6. The first-order valence-electron chi connectivity index (χ1n) is 12.2. The van der Waals surface area contributed by atoms with Crippen LogP contribution in [-0.2, 0) is 14.4 Å². The first-order valence-corrected chi connectivity index (χ1v) is 12.2. The number of aliphatic carboxylic acids is 1. The molecule has 0 saturated carbocycles. The average Bonchev–Trinajstić information content (AvgIpc) is 2.75. The summed E-state index contributed by atoms with van der Waals surface area (Å²) in [7, 11) is 1.69. The van der Waals surface area contributed by atoms with Gasteiger partial charge in [0.25, 0.3) is 0 Å². The second-order valence-corrected chi connectivity index (χ2v) is 9.79. The molecule has 1 fully saturated rings. The van der Waals surface area contributed by atoms with Gasteiger partial charge in [0.2, 0.25) is 11.8 Å². The molecular formula is C25H45N3O4. The second-order valence-electron chi connectivity index (χ2n) is 9.79. The van der Waals surface area contributed by atoms with Crippen LogP contribution in [0.1, 0.15) is 80.6 Å². The third-order valence-corrected chi connectivity index (χ3v) is 6.72. The molecule has 0 radical (unpaired) electrons. The zero-order valence-electron chi connectivity index (χ0n) is 21.4. The van der Waals surface area contributed by atoms with Crippen LogP contribution in [0.15, 0.2) is 11.6 Å². The molecule has 0 spiro atoms. The molecule has 3 atom stereocenters. The van der Waals surface area contributed by atoms with Gasteiger partial charge in [0.1, 0.15) is 6.04 Å². The van der Waals surface area contributed by atoms with E-state index >= 15 is 0 Å². The van der Waals surface area contributed by atoms with Crippen LogP contribution < -0.4 is 5.32 Å². The summed E-state index contributed by atoms with van der Waals surface area (Å²) < 4.78 is 0. The minimum atomic E-state index is -0.996. The zero-order valence-corrected chi connectivity index (χ0v) is 21.4. The van der Waals surface area contributed by atoms with Crippen molar-refractivity contribution in [1.82, 2.24) is 15.1 Å². The fourth-order valence-electron chi connectivity index (χ4n) is 4.64. The Morgan fingerprint density at radius 2 is 1.69 bits per heavy atom. The number of carboxylic acid groups (broad SMARTS) is 1. The largest absolute Gasteiger partial charge is 0.478 e. The van der Waals surface area contributed by atoms with Crippen LogP contribution >= 0.6 is 0 Å². The van der Waals surface area contributed by atoms with Gasteiger partial charge in [-0.3, -0.25) is 14.5 Å². The van der Waals surface area contributed by atoms with Crippen LogP contribution in [0.3, 0.4) is 0 Å². The monoisotopic (exact) mass is 451 g/mol. The van der Waals surface area contributed by atoms with Crippen molar-refractivity contribution in [1.29, 1.82) is 0 Å². The number of piperidine rings is 1. The number of carboxylic acids is 1. The number of nitrogens with zero attached hydrogens (tertiary/aromatic N) is 2. The molecule has 7 nitrogen and oxygen atoms in total. The van der Waals surface area contributed by atoms with Crippen molar-refractivity contribution in [2.45, 2.75) is 105 Å². The Morgan fingerprint density at radius 1 is 1.09 bits per heavy atom. The van der Waals surface area contributed by atoms with Crippen LogP contribution in [0, 0.1) is 11.8 Å². The molecule has 0 aliphatic carbocycles. The first kappa shape index (κ1) is 28.1. The van der Waals surface area contributed by atoms with Gasteiger partial charge < -0.3 is 15.3 Å². The quantitative estimate of drug-likeness (QED) is 0.468. The molecular weight excluding hydrogens is 406 g/mol. The Hall–Kier alpha value is -1.89. The lowest BCUT2D eigenvalue weighted by atomic mass is 9.94. The molecule has 2 N–H and O–H groups in total. The molecule has 1 heterocycles. The van der Waals surface area contributed by atoms with E-state index in [2.05, 4.69) is 24.1 Å². The van der Waals surface area contributed by atoms with Crippen LogP contribution in [0.4, 0.5) is 0 Å². The van der Waals surface area contributed by atoms with E-state index in [0.29, 0.717) is 6.04 Å². The summed E-state index contributed by atoms with van der Waals surface area (Å²) in [6.07, 6.45) is 6.55. The average molecular weight is 452 g/mol. The van der Waals surface area contributed by atoms with Gasteiger partial charge in [-0.25, -0.2) is 4.79 Å². The van der Waals surface area contributed by atoms with Crippen molar-refractivity contribution in [3.8, 4) is 0 Å². The number of carbonyl (C=O) groups excluding carboxylic acids is 2. The smallest absolute Gasteiger partial charge is 0.331 e. The summed E-state index contributed by atoms with van der Waals surface area (Å²) in [5, 5.41) is 12.3. The molecule has 2 amide bonds. The fraction of sp³-hybridized carbons (Fsp3) is 0.800. The molecule has 0 bridgehead atoms. The molecule has 1 saturated heterocycles. The third-order valence-electron chi connectivity index (χ3n) is 6.72. The van der Waals surface area contributed by atoms with Crippen LogP contribution in [-0.4, -0.2) is 70.4 Å². The lowest BCUT2D eigenvalue weighted by Gasteiger charge is -2.41. The van der Waals surface area contributed by atoms with Gasteiger partial charge in [-0.05, 0) is 51.0 Å². The van der Waals surface area contributed by atoms with Gasteiger partial charge in [-0.1, -0.05) is 54.0 Å². The van der Waals surface area contributed by atoms with Crippen molar-refractivity contribution in [2.75, 3.05) is 13.6 Å². The van der Waals surface area contributed by atoms with Gasteiger partial charge in [0, 0.05) is 18.7 Å². The van der Waals surface area contributed by atoms with Crippen LogP contribution in [0.2, 0.25) is 0 Å². The summed E-state index contributed by atoms with van der Waals surface area (Å²) >= 11 is 0. The summed E-state index contributed by atoms with van der Waals surface area (Å²) in [4.78, 5) is 42.0. The van der Waals surface area contributed by atoms with Crippen molar-refractivity contribution < 1.29 is 19.5 Å². The maximum atomic E-state index is 13.4. The highest BCUT2D eigenvalue weighted by molar-refractivity contribution is 5.90. The van der Waals surface area contributed by atoms with Gasteiger partial charge in [-0.2, -0.15) is 0 Å². The molecule has 0 aromatic carbocycles. The number of nitrogens with one attached hydrogen (secondary N) is 1. The van der Waals surface area contributed by atoms with Gasteiger partial charge >= 0.3 is 5.97 Å². The van der Waals surface area contributed by atoms with Crippen molar-refractivity contribution >= 4 is 17.8 Å². The Balaban J connectivity index is 3.08. The van der Waals surface area contributed by atoms with E-state index in [1.54, 1.807) is 18.0 Å². The van der Waals surface area contributed by atoms with Gasteiger partial charge in [0.05, 0.1) is 12.1 Å². The minimum absolute atomic E-state index is 0.0328. The Kier molecular flexibility index (Phi) is 11.4. The number of likely N-dealkylation sites (N-methyl/N-ethyl adjacent to an activating group) is 1. The van der Waals surface area contributed by atoms with E-state index in [1.807, 2.05) is 27.7 Å². The molecule has 1 aliphatic rings. The molecule has 1 aliphatic heterocycles. The van der Waals surface area contributed by atoms with Gasteiger partial charge in [0.15, 0.2) is 0 Å². The van der Waals surface area contributed by atoms with E-state index in [-0.39, 0.29) is 41.3 Å². The SMILES string of the molecule is CCC(CC)N1CCCC[C@@H]1C(=O)N[C@H](C(=O)N(C)[C@H](C=C(C)C(=O)O)C(C)C)C(C)C. The highest BCUT2D eigenvalue weighted by Crippen LogP contribution is 2.24. The van der Waals surface area contributed by atoms with Gasteiger partial charge in [-0.15, -0.1) is 0 Å². The topological polar surface area (TPSA) is 90.0 Å². The maximum Gasteiger partial charge on any atom is 0.331 e. The number of hydrogen-bond acceptors (Lipinski definition) is 4. The molecule has 0 aromatic heterocycles. The third kappa shape index (κ3) is 7.32. The summed E-state index contributed by atoms with van der Waals surface area (Å²) in [6, 6.07) is -0.857.